The first-order valence-corrected chi connectivity index (χ1v) is 13.0. The van der Waals surface area contributed by atoms with Crippen molar-refractivity contribution in [3.05, 3.63) is 106 Å². The van der Waals surface area contributed by atoms with Gasteiger partial charge in [-0.15, -0.1) is 0 Å². The van der Waals surface area contributed by atoms with E-state index < -0.39 is 0 Å². The molecule has 35 heavy (non-hydrogen) atoms. The summed E-state index contributed by atoms with van der Waals surface area (Å²) in [6, 6.07) is 24.8. The summed E-state index contributed by atoms with van der Waals surface area (Å²) in [5, 5.41) is 2.03. The van der Waals surface area contributed by atoms with Crippen molar-refractivity contribution < 1.29 is 4.74 Å². The number of pyridine rings is 1. The summed E-state index contributed by atoms with van der Waals surface area (Å²) < 4.78 is 5.69. The fourth-order valence-corrected chi connectivity index (χ4v) is 4.20. The molecule has 2 nitrogen and oxygen atoms in total. The lowest BCUT2D eigenvalue weighted by molar-refractivity contribution is 0.318. The Hall–Kier alpha value is -2.84. The molecule has 184 valence electrons. The van der Waals surface area contributed by atoms with Crippen molar-refractivity contribution in [3.63, 3.8) is 0 Å². The number of halogens is 1. The van der Waals surface area contributed by atoms with Crippen LogP contribution in [0.5, 0.6) is 5.75 Å². The normalized spacial score (nSPS) is 12.1. The van der Waals surface area contributed by atoms with E-state index in [4.69, 9.17) is 16.3 Å². The van der Waals surface area contributed by atoms with Crippen molar-refractivity contribution in [2.45, 2.75) is 65.7 Å². The molecule has 1 aliphatic heterocycles. The highest BCUT2D eigenvalue weighted by molar-refractivity contribution is 6.30. The number of hydrogen-bond acceptors (Lipinski definition) is 2. The van der Waals surface area contributed by atoms with E-state index in [1.165, 1.54) is 27.6 Å². The lowest BCUT2D eigenvalue weighted by Crippen LogP contribution is -2.09. The Kier molecular flexibility index (Phi) is 9.74. The highest BCUT2D eigenvalue weighted by atomic mass is 35.5. The molecule has 0 amide bonds. The van der Waals surface area contributed by atoms with Crippen LogP contribution in [0.4, 0.5) is 0 Å². The number of ether oxygens (including phenoxy) is 1. The van der Waals surface area contributed by atoms with Crippen molar-refractivity contribution in [3.8, 4) is 5.75 Å². The van der Waals surface area contributed by atoms with Crippen LogP contribution in [0.25, 0.3) is 10.9 Å². The second-order valence-corrected chi connectivity index (χ2v) is 10.3. The SMILES string of the molecule is CC(C)c1ccc(Cl)cc1.CC(C)c1ccc2c3c(ccnc13)CCO2.CC(C)c1ccccc1. The van der Waals surface area contributed by atoms with E-state index in [1.807, 2.05) is 24.4 Å². The molecule has 3 aromatic carbocycles. The van der Waals surface area contributed by atoms with Gasteiger partial charge in [-0.1, -0.05) is 102 Å². The summed E-state index contributed by atoms with van der Waals surface area (Å²) >= 11 is 5.72. The number of rotatable bonds is 3. The van der Waals surface area contributed by atoms with Gasteiger partial charge in [-0.25, -0.2) is 0 Å². The molecule has 0 saturated heterocycles. The van der Waals surface area contributed by atoms with Crippen molar-refractivity contribution in [1.29, 1.82) is 0 Å². The smallest absolute Gasteiger partial charge is 0.129 e. The van der Waals surface area contributed by atoms with E-state index in [9.17, 15) is 0 Å². The van der Waals surface area contributed by atoms with E-state index in [1.54, 1.807) is 0 Å². The third-order valence-corrected chi connectivity index (χ3v) is 6.48. The maximum absolute atomic E-state index is 5.72. The minimum Gasteiger partial charge on any atom is -0.493 e. The van der Waals surface area contributed by atoms with Crippen LogP contribution < -0.4 is 4.74 Å². The van der Waals surface area contributed by atoms with E-state index in [0.717, 1.165) is 29.3 Å². The summed E-state index contributed by atoms with van der Waals surface area (Å²) in [5.41, 5.74) is 6.55. The Morgan fingerprint density at radius 1 is 0.714 bits per heavy atom. The number of hydrogen-bond donors (Lipinski definition) is 0. The van der Waals surface area contributed by atoms with Gasteiger partial charge in [0.1, 0.15) is 5.75 Å². The Balaban J connectivity index is 0.000000157. The summed E-state index contributed by atoms with van der Waals surface area (Å²) in [6.45, 7) is 13.9. The van der Waals surface area contributed by atoms with Gasteiger partial charge in [0.25, 0.3) is 0 Å². The van der Waals surface area contributed by atoms with E-state index in [0.29, 0.717) is 17.8 Å². The van der Waals surface area contributed by atoms with E-state index in [2.05, 4.69) is 101 Å². The molecule has 0 unspecified atom stereocenters. The van der Waals surface area contributed by atoms with Crippen LogP contribution in [0.3, 0.4) is 0 Å². The molecular weight excluding hydrogens is 450 g/mol. The maximum atomic E-state index is 5.72. The highest BCUT2D eigenvalue weighted by Crippen LogP contribution is 2.35. The molecule has 0 aliphatic carbocycles. The predicted molar refractivity (Wildman–Crippen MR) is 151 cm³/mol. The quantitative estimate of drug-likeness (QED) is 0.287. The van der Waals surface area contributed by atoms with E-state index >= 15 is 0 Å². The third-order valence-electron chi connectivity index (χ3n) is 6.23. The molecule has 0 N–H and O–H groups in total. The first-order valence-electron chi connectivity index (χ1n) is 12.6. The van der Waals surface area contributed by atoms with Crippen LogP contribution >= 0.6 is 11.6 Å². The van der Waals surface area contributed by atoms with Gasteiger partial charge < -0.3 is 4.74 Å². The van der Waals surface area contributed by atoms with Crippen molar-refractivity contribution in [2.75, 3.05) is 6.61 Å². The standard InChI is InChI=1S/C14H15NO.C9H11Cl.C9H12/c1-9(2)11-3-4-12-13-10(6-8-16-12)5-7-15-14(11)13;1-7(2)8-3-5-9(10)6-4-8;1-8(2)9-6-4-3-5-7-9/h3-5,7,9H,6,8H2,1-2H3;3-7H,1-2H3;3-8H,1-2H3. The van der Waals surface area contributed by atoms with Gasteiger partial charge in [0, 0.05) is 23.0 Å². The van der Waals surface area contributed by atoms with Crippen molar-refractivity contribution in [2.24, 2.45) is 0 Å². The van der Waals surface area contributed by atoms with E-state index in [-0.39, 0.29) is 0 Å². The predicted octanol–water partition coefficient (Wildman–Crippen LogP) is 9.57. The van der Waals surface area contributed by atoms with Gasteiger partial charge in [0.05, 0.1) is 12.1 Å². The monoisotopic (exact) mass is 487 g/mol. The molecule has 0 saturated carbocycles. The topological polar surface area (TPSA) is 22.1 Å². The first kappa shape index (κ1) is 26.8. The molecule has 0 bridgehead atoms. The Morgan fingerprint density at radius 3 is 1.91 bits per heavy atom. The van der Waals surface area contributed by atoms with Gasteiger partial charge >= 0.3 is 0 Å². The minimum absolute atomic E-state index is 0.499. The van der Waals surface area contributed by atoms with Gasteiger partial charge in [-0.2, -0.15) is 0 Å². The molecule has 4 aromatic rings. The van der Waals surface area contributed by atoms with Crippen LogP contribution in [-0.2, 0) is 6.42 Å². The fraction of sp³-hybridized carbons (Fsp3) is 0.344. The lowest BCUT2D eigenvalue weighted by atomic mass is 9.95. The average Bonchev–Trinajstić information content (AvgIpc) is 2.86. The number of aromatic nitrogens is 1. The van der Waals surface area contributed by atoms with Crippen LogP contribution in [0.15, 0.2) is 79.0 Å². The molecule has 0 fully saturated rings. The summed E-state index contributed by atoms with van der Waals surface area (Å²) in [4.78, 5) is 4.53. The fourth-order valence-electron chi connectivity index (χ4n) is 4.07. The Bertz CT molecular complexity index is 1190. The molecule has 0 atom stereocenters. The minimum atomic E-state index is 0.499. The zero-order chi connectivity index (χ0) is 25.4. The molecule has 0 spiro atoms. The molecule has 3 heteroatoms. The largest absolute Gasteiger partial charge is 0.493 e. The molecular formula is C32H38ClNO. The lowest BCUT2D eigenvalue weighted by Gasteiger charge is -2.20. The zero-order valence-corrected chi connectivity index (χ0v) is 22.6. The number of benzene rings is 3. The van der Waals surface area contributed by atoms with Gasteiger partial charge in [-0.05, 0) is 64.3 Å². The summed E-state index contributed by atoms with van der Waals surface area (Å²) in [6.07, 6.45) is 2.91. The zero-order valence-electron chi connectivity index (χ0n) is 21.9. The van der Waals surface area contributed by atoms with Crippen LogP contribution in [0.2, 0.25) is 5.02 Å². The Morgan fingerprint density at radius 2 is 1.34 bits per heavy atom. The summed E-state index contributed by atoms with van der Waals surface area (Å²) in [7, 11) is 0. The van der Waals surface area contributed by atoms with Crippen LogP contribution in [0.1, 0.15) is 81.5 Å². The number of nitrogens with zero attached hydrogens (tertiary/aromatic N) is 1. The molecule has 1 aromatic heterocycles. The molecule has 5 rings (SSSR count). The van der Waals surface area contributed by atoms with Crippen LogP contribution in [-0.4, -0.2) is 11.6 Å². The maximum Gasteiger partial charge on any atom is 0.129 e. The van der Waals surface area contributed by atoms with Crippen LogP contribution in [0, 0.1) is 0 Å². The Labute approximate surface area is 216 Å². The molecule has 1 aliphatic rings. The molecule has 0 radical (unpaired) electrons. The molecule has 2 heterocycles. The third kappa shape index (κ3) is 7.32. The van der Waals surface area contributed by atoms with Gasteiger partial charge in [0.15, 0.2) is 0 Å². The first-order chi connectivity index (χ1) is 16.8. The van der Waals surface area contributed by atoms with Crippen molar-refractivity contribution in [1.82, 2.24) is 4.98 Å². The average molecular weight is 488 g/mol. The summed E-state index contributed by atoms with van der Waals surface area (Å²) in [5.74, 6) is 2.75. The second kappa shape index (κ2) is 12.7. The second-order valence-electron chi connectivity index (χ2n) is 9.87. The van der Waals surface area contributed by atoms with Crippen molar-refractivity contribution >= 4 is 22.5 Å². The van der Waals surface area contributed by atoms with Gasteiger partial charge in [0.2, 0.25) is 0 Å². The highest BCUT2D eigenvalue weighted by Gasteiger charge is 2.17. The van der Waals surface area contributed by atoms with Gasteiger partial charge in [-0.3, -0.25) is 4.98 Å².